The molecule has 2 aliphatic rings. The van der Waals surface area contributed by atoms with Crippen LogP contribution in [0.4, 0.5) is 0 Å². The van der Waals surface area contributed by atoms with E-state index in [1.807, 2.05) is 0 Å². The molecule has 70 valence electrons. The molecule has 2 heterocycles. The smallest absolute Gasteiger partial charge is 0.0707 e. The van der Waals surface area contributed by atoms with E-state index in [4.69, 9.17) is 10.5 Å². The van der Waals surface area contributed by atoms with Crippen molar-refractivity contribution in [3.8, 4) is 0 Å². The maximum Gasteiger partial charge on any atom is 0.0707 e. The molecule has 0 aromatic rings. The Kier molecular flexibility index (Phi) is 2.63. The SMILES string of the molecule is NC[C@@H]1CC[C@H](CN2CCC2)O1. The van der Waals surface area contributed by atoms with Crippen LogP contribution in [0.2, 0.25) is 0 Å². The molecule has 2 fully saturated rings. The summed E-state index contributed by atoms with van der Waals surface area (Å²) in [6.07, 6.45) is 4.55. The van der Waals surface area contributed by atoms with Crippen LogP contribution >= 0.6 is 0 Å². The lowest BCUT2D eigenvalue weighted by Gasteiger charge is -2.32. The lowest BCUT2D eigenvalue weighted by Crippen LogP contribution is -2.42. The number of likely N-dealkylation sites (tertiary alicyclic amines) is 1. The van der Waals surface area contributed by atoms with Crippen molar-refractivity contribution in [2.45, 2.75) is 31.5 Å². The number of rotatable bonds is 3. The molecule has 2 N–H and O–H groups in total. The van der Waals surface area contributed by atoms with Gasteiger partial charge in [-0.3, -0.25) is 0 Å². The summed E-state index contributed by atoms with van der Waals surface area (Å²) in [6, 6.07) is 0. The monoisotopic (exact) mass is 170 g/mol. The van der Waals surface area contributed by atoms with E-state index in [1.165, 1.54) is 25.9 Å². The lowest BCUT2D eigenvalue weighted by atomic mass is 10.1. The van der Waals surface area contributed by atoms with Gasteiger partial charge in [0.05, 0.1) is 12.2 Å². The zero-order chi connectivity index (χ0) is 8.39. The van der Waals surface area contributed by atoms with Gasteiger partial charge in [-0.15, -0.1) is 0 Å². The van der Waals surface area contributed by atoms with Crippen LogP contribution in [0.15, 0.2) is 0 Å². The van der Waals surface area contributed by atoms with Crippen molar-refractivity contribution in [2.75, 3.05) is 26.2 Å². The second-order valence-corrected chi connectivity index (χ2v) is 3.85. The van der Waals surface area contributed by atoms with Crippen LogP contribution in [0, 0.1) is 0 Å². The van der Waals surface area contributed by atoms with E-state index in [0.717, 1.165) is 13.0 Å². The van der Waals surface area contributed by atoms with Crippen LogP contribution in [0.1, 0.15) is 19.3 Å². The second-order valence-electron chi connectivity index (χ2n) is 3.85. The van der Waals surface area contributed by atoms with E-state index in [9.17, 15) is 0 Å². The number of ether oxygens (including phenoxy) is 1. The van der Waals surface area contributed by atoms with E-state index in [1.54, 1.807) is 0 Å². The molecule has 2 saturated heterocycles. The van der Waals surface area contributed by atoms with Crippen LogP contribution in [0.25, 0.3) is 0 Å². The van der Waals surface area contributed by atoms with Gasteiger partial charge in [0.1, 0.15) is 0 Å². The summed E-state index contributed by atoms with van der Waals surface area (Å²) in [5.41, 5.74) is 5.53. The molecule has 0 saturated carbocycles. The van der Waals surface area contributed by atoms with Crippen LogP contribution < -0.4 is 5.73 Å². The number of nitrogens with zero attached hydrogens (tertiary/aromatic N) is 1. The van der Waals surface area contributed by atoms with Crippen molar-refractivity contribution in [1.82, 2.24) is 4.90 Å². The quantitative estimate of drug-likeness (QED) is 0.657. The van der Waals surface area contributed by atoms with Gasteiger partial charge in [-0.25, -0.2) is 0 Å². The standard InChI is InChI=1S/C9H18N2O/c10-6-8-2-3-9(12-8)7-11-4-1-5-11/h8-9H,1-7,10H2/t8-,9+/m0/s1. The predicted octanol–water partition coefficient (Wildman–Crippen LogP) is 0.198. The zero-order valence-electron chi connectivity index (χ0n) is 7.54. The molecule has 3 nitrogen and oxygen atoms in total. The molecule has 2 rings (SSSR count). The third kappa shape index (κ3) is 1.79. The molecule has 3 heteroatoms. The van der Waals surface area contributed by atoms with Gasteiger partial charge in [0, 0.05) is 13.1 Å². The van der Waals surface area contributed by atoms with Gasteiger partial charge < -0.3 is 15.4 Å². The molecule has 2 atom stereocenters. The van der Waals surface area contributed by atoms with Crippen LogP contribution in [-0.4, -0.2) is 43.3 Å². The first-order valence-corrected chi connectivity index (χ1v) is 4.96. The lowest BCUT2D eigenvalue weighted by molar-refractivity contribution is 0.0141. The van der Waals surface area contributed by atoms with Crippen molar-refractivity contribution in [3.05, 3.63) is 0 Å². The molecule has 0 bridgehead atoms. The Hall–Kier alpha value is -0.120. The topological polar surface area (TPSA) is 38.5 Å². The van der Waals surface area contributed by atoms with E-state index in [2.05, 4.69) is 4.90 Å². The van der Waals surface area contributed by atoms with Gasteiger partial charge in [0.2, 0.25) is 0 Å². The fourth-order valence-electron chi connectivity index (χ4n) is 1.94. The first kappa shape index (κ1) is 8.48. The summed E-state index contributed by atoms with van der Waals surface area (Å²) in [5.74, 6) is 0. The largest absolute Gasteiger partial charge is 0.372 e. The van der Waals surface area contributed by atoms with Crippen molar-refractivity contribution in [3.63, 3.8) is 0 Å². The van der Waals surface area contributed by atoms with E-state index in [0.29, 0.717) is 18.8 Å². The summed E-state index contributed by atoms with van der Waals surface area (Å²) in [6.45, 7) is 4.37. The molecular weight excluding hydrogens is 152 g/mol. The van der Waals surface area contributed by atoms with Crippen molar-refractivity contribution < 1.29 is 4.74 Å². The minimum absolute atomic E-state index is 0.344. The fourth-order valence-corrected chi connectivity index (χ4v) is 1.94. The van der Waals surface area contributed by atoms with Gasteiger partial charge in [-0.1, -0.05) is 0 Å². The third-order valence-electron chi connectivity index (χ3n) is 2.87. The molecule has 0 aliphatic carbocycles. The highest BCUT2D eigenvalue weighted by atomic mass is 16.5. The summed E-state index contributed by atoms with van der Waals surface area (Å²) >= 11 is 0. The first-order chi connectivity index (χ1) is 5.88. The molecule has 0 spiro atoms. The highest BCUT2D eigenvalue weighted by Gasteiger charge is 2.27. The molecule has 12 heavy (non-hydrogen) atoms. The minimum Gasteiger partial charge on any atom is -0.372 e. The average molecular weight is 170 g/mol. The first-order valence-electron chi connectivity index (χ1n) is 4.96. The Bertz CT molecular complexity index is 147. The van der Waals surface area contributed by atoms with Gasteiger partial charge in [0.15, 0.2) is 0 Å². The van der Waals surface area contributed by atoms with E-state index in [-0.39, 0.29) is 0 Å². The van der Waals surface area contributed by atoms with E-state index < -0.39 is 0 Å². The average Bonchev–Trinajstić information content (AvgIpc) is 2.44. The Labute approximate surface area is 73.9 Å². The van der Waals surface area contributed by atoms with Gasteiger partial charge >= 0.3 is 0 Å². The molecule has 0 amide bonds. The predicted molar refractivity (Wildman–Crippen MR) is 48.0 cm³/mol. The van der Waals surface area contributed by atoms with Crippen molar-refractivity contribution >= 4 is 0 Å². The van der Waals surface area contributed by atoms with Gasteiger partial charge in [0.25, 0.3) is 0 Å². The Morgan fingerprint density at radius 2 is 2.00 bits per heavy atom. The number of nitrogens with two attached hydrogens (primary N) is 1. The number of hydrogen-bond acceptors (Lipinski definition) is 3. The Balaban J connectivity index is 1.68. The second kappa shape index (κ2) is 3.73. The molecule has 2 aliphatic heterocycles. The normalized spacial score (nSPS) is 36.8. The summed E-state index contributed by atoms with van der Waals surface area (Å²) in [5, 5.41) is 0. The highest BCUT2D eigenvalue weighted by molar-refractivity contribution is 4.79. The minimum atomic E-state index is 0.344. The molecular formula is C9H18N2O. The van der Waals surface area contributed by atoms with Crippen LogP contribution in [-0.2, 0) is 4.74 Å². The maximum atomic E-state index is 5.75. The zero-order valence-corrected chi connectivity index (χ0v) is 7.54. The van der Waals surface area contributed by atoms with Crippen LogP contribution in [0.3, 0.4) is 0 Å². The van der Waals surface area contributed by atoms with Gasteiger partial charge in [-0.2, -0.15) is 0 Å². The molecule has 0 aromatic carbocycles. The Morgan fingerprint density at radius 1 is 1.25 bits per heavy atom. The molecule has 0 unspecified atom stereocenters. The molecule has 0 aromatic heterocycles. The fraction of sp³-hybridized carbons (Fsp3) is 1.00. The van der Waals surface area contributed by atoms with Crippen molar-refractivity contribution in [1.29, 1.82) is 0 Å². The van der Waals surface area contributed by atoms with Gasteiger partial charge in [-0.05, 0) is 32.4 Å². The maximum absolute atomic E-state index is 5.75. The van der Waals surface area contributed by atoms with Crippen LogP contribution in [0.5, 0.6) is 0 Å². The van der Waals surface area contributed by atoms with E-state index >= 15 is 0 Å². The Morgan fingerprint density at radius 3 is 2.50 bits per heavy atom. The number of hydrogen-bond donors (Lipinski definition) is 1. The van der Waals surface area contributed by atoms with Crippen molar-refractivity contribution in [2.24, 2.45) is 5.73 Å². The summed E-state index contributed by atoms with van der Waals surface area (Å²) in [4.78, 5) is 2.46. The summed E-state index contributed by atoms with van der Waals surface area (Å²) < 4.78 is 5.75. The third-order valence-corrected chi connectivity index (χ3v) is 2.87. The summed E-state index contributed by atoms with van der Waals surface area (Å²) in [7, 11) is 0. The highest BCUT2D eigenvalue weighted by Crippen LogP contribution is 2.21. The molecule has 0 radical (unpaired) electrons.